The average Bonchev–Trinajstić information content (AvgIpc) is 2.28. The van der Waals surface area contributed by atoms with Gasteiger partial charge in [0.15, 0.2) is 0 Å². The summed E-state index contributed by atoms with van der Waals surface area (Å²) in [5.74, 6) is 0.553. The fourth-order valence-corrected chi connectivity index (χ4v) is 2.01. The second kappa shape index (κ2) is 6.99. The van der Waals surface area contributed by atoms with Crippen molar-refractivity contribution in [1.29, 1.82) is 0 Å². The molecule has 1 heterocycles. The summed E-state index contributed by atoms with van der Waals surface area (Å²) in [5.41, 5.74) is 0. The Morgan fingerprint density at radius 2 is 2.06 bits per heavy atom. The summed E-state index contributed by atoms with van der Waals surface area (Å²) in [4.78, 5) is 13.8. The topological polar surface area (TPSA) is 38.8 Å². The van der Waals surface area contributed by atoms with Gasteiger partial charge in [0, 0.05) is 38.6 Å². The van der Waals surface area contributed by atoms with E-state index in [4.69, 9.17) is 9.47 Å². The Hall–Kier alpha value is -0.450. The van der Waals surface area contributed by atoms with Crippen molar-refractivity contribution in [2.45, 2.75) is 26.3 Å². The van der Waals surface area contributed by atoms with E-state index in [0.717, 1.165) is 13.1 Å². The summed E-state index contributed by atoms with van der Waals surface area (Å²) in [5, 5.41) is 0. The van der Waals surface area contributed by atoms with Crippen LogP contribution in [-0.2, 0) is 14.3 Å². The van der Waals surface area contributed by atoms with E-state index in [1.54, 1.807) is 7.11 Å². The lowest BCUT2D eigenvalue weighted by atomic mass is 9.91. The van der Waals surface area contributed by atoms with Crippen molar-refractivity contribution in [2.24, 2.45) is 5.92 Å². The predicted octanol–water partition coefficient (Wildman–Crippen LogP) is 0.949. The highest BCUT2D eigenvalue weighted by molar-refractivity contribution is 5.82. The van der Waals surface area contributed by atoms with Crippen molar-refractivity contribution in [3.8, 4) is 0 Å². The van der Waals surface area contributed by atoms with Crippen LogP contribution in [0.15, 0.2) is 0 Å². The first-order valence-corrected chi connectivity index (χ1v) is 6.00. The van der Waals surface area contributed by atoms with Gasteiger partial charge in [-0.2, -0.15) is 0 Å². The van der Waals surface area contributed by atoms with Gasteiger partial charge in [0.2, 0.25) is 0 Å². The van der Waals surface area contributed by atoms with Crippen molar-refractivity contribution in [2.75, 3.05) is 40.0 Å². The molecule has 0 aliphatic carbocycles. The lowest BCUT2D eigenvalue weighted by molar-refractivity contribution is -0.128. The molecule has 16 heavy (non-hydrogen) atoms. The van der Waals surface area contributed by atoms with Crippen LogP contribution in [0, 0.1) is 5.92 Å². The minimum atomic E-state index is 0.160. The summed E-state index contributed by atoms with van der Waals surface area (Å²) in [7, 11) is 1.67. The fourth-order valence-electron chi connectivity index (χ4n) is 2.01. The molecule has 94 valence electrons. The van der Waals surface area contributed by atoms with Crippen LogP contribution in [0.4, 0.5) is 0 Å². The second-order valence-electron chi connectivity index (χ2n) is 4.39. The molecule has 2 atom stereocenters. The maximum Gasteiger partial charge on any atom is 0.138 e. The first-order valence-electron chi connectivity index (χ1n) is 6.00. The van der Waals surface area contributed by atoms with Crippen molar-refractivity contribution in [3.05, 3.63) is 0 Å². The van der Waals surface area contributed by atoms with Gasteiger partial charge in [-0.15, -0.1) is 0 Å². The molecule has 1 aliphatic rings. The summed E-state index contributed by atoms with van der Waals surface area (Å²) >= 11 is 0. The molecule has 0 aromatic rings. The van der Waals surface area contributed by atoms with Crippen molar-refractivity contribution in [3.63, 3.8) is 0 Å². The smallest absolute Gasteiger partial charge is 0.138 e. The van der Waals surface area contributed by atoms with Crippen LogP contribution in [0.5, 0.6) is 0 Å². The van der Waals surface area contributed by atoms with Crippen molar-refractivity contribution < 1.29 is 14.3 Å². The molecule has 0 radical (unpaired) electrons. The number of Topliss-reactive ketones (excluding diaryl/α,β-unsaturated/α-hetero) is 1. The maximum absolute atomic E-state index is 11.5. The van der Waals surface area contributed by atoms with E-state index in [0.29, 0.717) is 38.1 Å². The monoisotopic (exact) mass is 229 g/mol. The number of nitrogens with zero attached hydrogens (tertiary/aromatic N) is 1. The van der Waals surface area contributed by atoms with Crippen LogP contribution in [0.3, 0.4) is 0 Å². The normalized spacial score (nSPS) is 27.3. The zero-order chi connectivity index (χ0) is 12.0. The molecule has 0 N–H and O–H groups in total. The zero-order valence-electron chi connectivity index (χ0n) is 10.6. The number of piperidine rings is 1. The van der Waals surface area contributed by atoms with Gasteiger partial charge >= 0.3 is 0 Å². The van der Waals surface area contributed by atoms with Gasteiger partial charge in [0.1, 0.15) is 5.78 Å². The van der Waals surface area contributed by atoms with Crippen molar-refractivity contribution in [1.82, 2.24) is 4.90 Å². The number of carbonyl (C=O) groups excluding carboxylic acids is 1. The van der Waals surface area contributed by atoms with Crippen LogP contribution in [0.1, 0.15) is 20.3 Å². The standard InChI is InChI=1S/C12H23NO3/c1-10-11(2)13(5-4-12(10)14)6-7-16-9-8-15-3/h10-11H,4-9H2,1-3H3. The van der Waals surface area contributed by atoms with E-state index in [1.165, 1.54) is 0 Å². The highest BCUT2D eigenvalue weighted by Gasteiger charge is 2.30. The number of methoxy groups -OCH3 is 1. The number of rotatable bonds is 6. The van der Waals surface area contributed by atoms with Gasteiger partial charge in [0.25, 0.3) is 0 Å². The van der Waals surface area contributed by atoms with Gasteiger partial charge in [-0.1, -0.05) is 6.92 Å². The lowest BCUT2D eigenvalue weighted by Crippen LogP contribution is -2.47. The van der Waals surface area contributed by atoms with E-state index in [1.807, 2.05) is 6.92 Å². The zero-order valence-corrected chi connectivity index (χ0v) is 10.6. The third-order valence-corrected chi connectivity index (χ3v) is 3.41. The first-order chi connectivity index (χ1) is 7.66. The van der Waals surface area contributed by atoms with Gasteiger partial charge in [0.05, 0.1) is 19.8 Å². The molecule has 0 saturated carbocycles. The molecule has 2 unspecified atom stereocenters. The molecule has 0 spiro atoms. The van der Waals surface area contributed by atoms with E-state index in [-0.39, 0.29) is 5.92 Å². The van der Waals surface area contributed by atoms with Crippen LogP contribution in [0.2, 0.25) is 0 Å². The van der Waals surface area contributed by atoms with E-state index in [2.05, 4.69) is 11.8 Å². The molecule has 1 fully saturated rings. The van der Waals surface area contributed by atoms with Crippen LogP contribution in [-0.4, -0.2) is 56.7 Å². The SMILES string of the molecule is COCCOCCN1CCC(=O)C(C)C1C. The maximum atomic E-state index is 11.5. The summed E-state index contributed by atoms with van der Waals surface area (Å²) < 4.78 is 10.3. The number of likely N-dealkylation sites (tertiary alicyclic amines) is 1. The number of hydrogen-bond acceptors (Lipinski definition) is 4. The molecule has 0 aromatic heterocycles. The van der Waals surface area contributed by atoms with E-state index in [9.17, 15) is 4.79 Å². The summed E-state index contributed by atoms with van der Waals surface area (Å²) in [6, 6.07) is 0.340. The van der Waals surface area contributed by atoms with Crippen LogP contribution >= 0.6 is 0 Å². The molecular formula is C12H23NO3. The number of hydrogen-bond donors (Lipinski definition) is 0. The molecule has 1 aliphatic heterocycles. The summed E-state index contributed by atoms with van der Waals surface area (Å²) in [6.45, 7) is 7.93. The Morgan fingerprint density at radius 1 is 1.31 bits per heavy atom. The Balaban J connectivity index is 2.19. The van der Waals surface area contributed by atoms with Crippen LogP contribution < -0.4 is 0 Å². The minimum absolute atomic E-state index is 0.160. The van der Waals surface area contributed by atoms with Gasteiger partial charge in [-0.25, -0.2) is 0 Å². The highest BCUT2D eigenvalue weighted by atomic mass is 16.5. The molecule has 0 amide bonds. The molecule has 4 nitrogen and oxygen atoms in total. The van der Waals surface area contributed by atoms with Gasteiger partial charge in [-0.05, 0) is 6.92 Å². The molecule has 0 aromatic carbocycles. The van der Waals surface area contributed by atoms with E-state index >= 15 is 0 Å². The number of ketones is 1. The number of ether oxygens (including phenoxy) is 2. The van der Waals surface area contributed by atoms with E-state index < -0.39 is 0 Å². The molecule has 0 bridgehead atoms. The minimum Gasteiger partial charge on any atom is -0.382 e. The third kappa shape index (κ3) is 3.85. The Bertz CT molecular complexity index is 220. The second-order valence-corrected chi connectivity index (χ2v) is 4.39. The quantitative estimate of drug-likeness (QED) is 0.636. The van der Waals surface area contributed by atoms with Gasteiger partial charge < -0.3 is 9.47 Å². The van der Waals surface area contributed by atoms with Crippen LogP contribution in [0.25, 0.3) is 0 Å². The predicted molar refractivity (Wildman–Crippen MR) is 62.5 cm³/mol. The fraction of sp³-hybridized carbons (Fsp3) is 0.917. The molecule has 1 rings (SSSR count). The Labute approximate surface area is 97.9 Å². The Kier molecular flexibility index (Phi) is 5.95. The largest absolute Gasteiger partial charge is 0.382 e. The van der Waals surface area contributed by atoms with Gasteiger partial charge in [-0.3, -0.25) is 9.69 Å². The molecule has 4 heteroatoms. The third-order valence-electron chi connectivity index (χ3n) is 3.41. The Morgan fingerprint density at radius 3 is 2.75 bits per heavy atom. The van der Waals surface area contributed by atoms with Crippen molar-refractivity contribution >= 4 is 5.78 Å². The average molecular weight is 229 g/mol. The highest BCUT2D eigenvalue weighted by Crippen LogP contribution is 2.19. The summed E-state index contributed by atoms with van der Waals surface area (Å²) in [6.07, 6.45) is 0.684. The molecular weight excluding hydrogens is 206 g/mol. The molecule has 1 saturated heterocycles. The number of carbonyl (C=O) groups is 1. The first kappa shape index (κ1) is 13.6. The lowest BCUT2D eigenvalue weighted by Gasteiger charge is -2.36.